The van der Waals surface area contributed by atoms with Gasteiger partial charge in [-0.25, -0.2) is 19.3 Å². The van der Waals surface area contributed by atoms with E-state index in [4.69, 9.17) is 0 Å². The lowest BCUT2D eigenvalue weighted by molar-refractivity contribution is 0.559. The van der Waals surface area contributed by atoms with E-state index in [9.17, 15) is 4.39 Å². The molecule has 0 spiro atoms. The van der Waals surface area contributed by atoms with E-state index < -0.39 is 0 Å². The highest BCUT2D eigenvalue weighted by molar-refractivity contribution is 9.10. The van der Waals surface area contributed by atoms with Gasteiger partial charge >= 0.3 is 0 Å². The number of rotatable bonds is 2. The van der Waals surface area contributed by atoms with E-state index in [-0.39, 0.29) is 18.2 Å². The largest absolute Gasteiger partial charge is 0.352 e. The van der Waals surface area contributed by atoms with Crippen LogP contribution >= 0.6 is 28.3 Å². The molecule has 3 heterocycles. The lowest BCUT2D eigenvalue weighted by Crippen LogP contribution is -2.44. The highest BCUT2D eigenvalue weighted by Gasteiger charge is 2.17. The van der Waals surface area contributed by atoms with Crippen LogP contribution in [0.5, 0.6) is 0 Å². The molecular weight excluding hydrogens is 409 g/mol. The Morgan fingerprint density at radius 2 is 1.88 bits per heavy atom. The molecule has 25 heavy (non-hydrogen) atoms. The molecule has 1 saturated heterocycles. The number of halogens is 3. The maximum atomic E-state index is 14.6. The molecule has 0 unspecified atom stereocenters. The number of anilines is 1. The second kappa shape index (κ2) is 7.59. The summed E-state index contributed by atoms with van der Waals surface area (Å²) in [7, 11) is 0. The fourth-order valence-electron chi connectivity index (χ4n) is 2.93. The summed E-state index contributed by atoms with van der Waals surface area (Å²) in [6.45, 7) is 3.19. The lowest BCUT2D eigenvalue weighted by Gasteiger charge is -2.28. The second-order valence-corrected chi connectivity index (χ2v) is 6.57. The van der Waals surface area contributed by atoms with E-state index in [2.05, 4.69) is 36.2 Å². The summed E-state index contributed by atoms with van der Waals surface area (Å²) in [6.07, 6.45) is 3.18. The van der Waals surface area contributed by atoms with E-state index in [1.54, 1.807) is 6.20 Å². The Kier molecular flexibility index (Phi) is 5.46. The number of hydrogen-bond acceptors (Lipinski definition) is 5. The fourth-order valence-corrected chi connectivity index (χ4v) is 3.29. The van der Waals surface area contributed by atoms with Crippen LogP contribution in [0.1, 0.15) is 0 Å². The van der Waals surface area contributed by atoms with Crippen molar-refractivity contribution in [3.8, 4) is 11.3 Å². The Labute approximate surface area is 159 Å². The van der Waals surface area contributed by atoms with Crippen LogP contribution in [0.25, 0.3) is 22.2 Å². The quantitative estimate of drug-likeness (QED) is 0.683. The van der Waals surface area contributed by atoms with Crippen molar-refractivity contribution in [1.82, 2.24) is 20.3 Å². The summed E-state index contributed by atoms with van der Waals surface area (Å²) in [6, 6.07) is 7.27. The molecule has 1 aliphatic heterocycles. The minimum Gasteiger partial charge on any atom is -0.352 e. The van der Waals surface area contributed by atoms with Crippen LogP contribution in [0.4, 0.5) is 10.2 Å². The third-order valence-corrected chi connectivity index (χ3v) is 4.60. The van der Waals surface area contributed by atoms with Crippen LogP contribution in [-0.2, 0) is 0 Å². The van der Waals surface area contributed by atoms with E-state index >= 15 is 0 Å². The third-order valence-electron chi connectivity index (χ3n) is 4.11. The molecule has 0 saturated carbocycles. The SMILES string of the molecule is Cl.Fc1cc(-c2ncnc3ccc(Br)cc23)cnc1N1CCNCC1. The zero-order chi connectivity index (χ0) is 16.5. The van der Waals surface area contributed by atoms with Gasteiger partial charge in [-0.05, 0) is 24.3 Å². The summed E-state index contributed by atoms with van der Waals surface area (Å²) in [4.78, 5) is 14.9. The molecule has 130 valence electrons. The van der Waals surface area contributed by atoms with Crippen LogP contribution < -0.4 is 10.2 Å². The molecular formula is C17H16BrClFN5. The Balaban J connectivity index is 0.00000182. The van der Waals surface area contributed by atoms with Crippen molar-refractivity contribution < 1.29 is 4.39 Å². The first kappa shape index (κ1) is 18.0. The number of fused-ring (bicyclic) bond motifs is 1. The van der Waals surface area contributed by atoms with Gasteiger partial charge in [-0.15, -0.1) is 12.4 Å². The number of nitrogens with one attached hydrogen (secondary N) is 1. The summed E-state index contributed by atoms with van der Waals surface area (Å²) in [5, 5.41) is 4.12. The van der Waals surface area contributed by atoms with Gasteiger partial charge in [0, 0.05) is 47.8 Å². The minimum atomic E-state index is -0.323. The molecule has 0 atom stereocenters. The predicted molar refractivity (Wildman–Crippen MR) is 103 cm³/mol. The standard InChI is InChI=1S/C17H15BrFN5.ClH/c18-12-1-2-15-13(8-12)16(23-10-22-15)11-7-14(19)17(21-9-11)24-5-3-20-4-6-24;/h1-2,7-10,20H,3-6H2;1H. The van der Waals surface area contributed by atoms with Gasteiger partial charge < -0.3 is 10.2 Å². The number of pyridine rings is 1. The van der Waals surface area contributed by atoms with Crippen LogP contribution in [0.3, 0.4) is 0 Å². The van der Waals surface area contributed by atoms with Crippen molar-refractivity contribution >= 4 is 45.1 Å². The number of nitrogens with zero attached hydrogens (tertiary/aromatic N) is 4. The normalized spacial score (nSPS) is 14.4. The average molecular weight is 425 g/mol. The van der Waals surface area contributed by atoms with Crippen LogP contribution in [-0.4, -0.2) is 41.1 Å². The molecule has 4 rings (SSSR count). The van der Waals surface area contributed by atoms with Crippen molar-refractivity contribution in [2.24, 2.45) is 0 Å². The fraction of sp³-hybridized carbons (Fsp3) is 0.235. The van der Waals surface area contributed by atoms with E-state index in [1.807, 2.05) is 23.1 Å². The molecule has 1 aromatic carbocycles. The maximum absolute atomic E-state index is 14.6. The molecule has 0 bridgehead atoms. The highest BCUT2D eigenvalue weighted by atomic mass is 79.9. The predicted octanol–water partition coefficient (Wildman–Crippen LogP) is 3.42. The Hall–Kier alpha value is -1.83. The van der Waals surface area contributed by atoms with Crippen molar-refractivity contribution in [3.05, 3.63) is 47.1 Å². The number of aromatic nitrogens is 3. The first-order chi connectivity index (χ1) is 11.7. The van der Waals surface area contributed by atoms with Gasteiger partial charge in [0.1, 0.15) is 6.33 Å². The molecule has 5 nitrogen and oxygen atoms in total. The van der Waals surface area contributed by atoms with Gasteiger partial charge in [-0.2, -0.15) is 0 Å². The van der Waals surface area contributed by atoms with Gasteiger partial charge in [-0.1, -0.05) is 15.9 Å². The minimum absolute atomic E-state index is 0. The molecule has 1 aliphatic rings. The van der Waals surface area contributed by atoms with E-state index in [0.717, 1.165) is 41.6 Å². The third kappa shape index (κ3) is 3.58. The molecule has 1 fully saturated rings. The zero-order valence-corrected chi connectivity index (χ0v) is 15.6. The first-order valence-electron chi connectivity index (χ1n) is 7.74. The topological polar surface area (TPSA) is 53.9 Å². The molecule has 0 aliphatic carbocycles. The van der Waals surface area contributed by atoms with Crippen molar-refractivity contribution in [1.29, 1.82) is 0 Å². The second-order valence-electron chi connectivity index (χ2n) is 5.65. The smallest absolute Gasteiger partial charge is 0.166 e. The van der Waals surface area contributed by atoms with Crippen LogP contribution in [0.15, 0.2) is 41.3 Å². The van der Waals surface area contributed by atoms with Crippen molar-refractivity contribution in [2.75, 3.05) is 31.1 Å². The monoisotopic (exact) mass is 423 g/mol. The summed E-state index contributed by atoms with van der Waals surface area (Å²) in [5.74, 6) is 0.0796. The molecule has 0 radical (unpaired) electrons. The zero-order valence-electron chi connectivity index (χ0n) is 13.2. The van der Waals surface area contributed by atoms with Gasteiger partial charge in [0.25, 0.3) is 0 Å². The molecule has 3 aromatic rings. The number of piperazine rings is 1. The van der Waals surface area contributed by atoms with Gasteiger partial charge in [0.2, 0.25) is 0 Å². The summed E-state index contributed by atoms with van der Waals surface area (Å²) >= 11 is 3.46. The average Bonchev–Trinajstić information content (AvgIpc) is 2.62. The Morgan fingerprint density at radius 3 is 2.64 bits per heavy atom. The van der Waals surface area contributed by atoms with Crippen molar-refractivity contribution in [3.63, 3.8) is 0 Å². The van der Waals surface area contributed by atoms with Crippen LogP contribution in [0.2, 0.25) is 0 Å². The van der Waals surface area contributed by atoms with Crippen molar-refractivity contribution in [2.45, 2.75) is 0 Å². The summed E-state index contributed by atoms with van der Waals surface area (Å²) < 4.78 is 15.6. The Morgan fingerprint density at radius 1 is 1.08 bits per heavy atom. The molecule has 8 heteroatoms. The Bertz CT molecular complexity index is 901. The maximum Gasteiger partial charge on any atom is 0.166 e. The van der Waals surface area contributed by atoms with E-state index in [1.165, 1.54) is 12.4 Å². The summed E-state index contributed by atoms with van der Waals surface area (Å²) in [5.41, 5.74) is 2.14. The van der Waals surface area contributed by atoms with Gasteiger partial charge in [0.05, 0.1) is 11.2 Å². The number of benzene rings is 1. The van der Waals surface area contributed by atoms with Crippen LogP contribution in [0, 0.1) is 5.82 Å². The number of hydrogen-bond donors (Lipinski definition) is 1. The highest BCUT2D eigenvalue weighted by Crippen LogP contribution is 2.29. The molecule has 2 aromatic heterocycles. The van der Waals surface area contributed by atoms with Gasteiger partial charge in [0.15, 0.2) is 11.6 Å². The van der Waals surface area contributed by atoms with E-state index in [0.29, 0.717) is 17.1 Å². The molecule has 1 N–H and O–H groups in total. The first-order valence-corrected chi connectivity index (χ1v) is 8.53. The van der Waals surface area contributed by atoms with Gasteiger partial charge in [-0.3, -0.25) is 0 Å². The molecule has 0 amide bonds. The lowest BCUT2D eigenvalue weighted by atomic mass is 10.1.